The molecule has 0 spiro atoms. The van der Waals surface area contributed by atoms with Crippen LogP contribution in [0.1, 0.15) is 40.3 Å². The van der Waals surface area contributed by atoms with Crippen molar-refractivity contribution in [1.82, 2.24) is 14.9 Å². The first-order chi connectivity index (χ1) is 16.8. The van der Waals surface area contributed by atoms with Gasteiger partial charge in [-0.05, 0) is 93.1 Å². The highest BCUT2D eigenvalue weighted by molar-refractivity contribution is 7.80. The highest BCUT2D eigenvalue weighted by Gasteiger charge is 2.42. The number of pyridine rings is 1. The van der Waals surface area contributed by atoms with Gasteiger partial charge in [-0.3, -0.25) is 4.98 Å². The molecule has 0 bridgehead atoms. The molecule has 2 atom stereocenters. The maximum absolute atomic E-state index is 5.92. The summed E-state index contributed by atoms with van der Waals surface area (Å²) in [7, 11) is 4.10. The number of hydrogen-bond acceptors (Lipinski definition) is 3. The average molecular weight is 482 g/mol. The maximum atomic E-state index is 5.92. The minimum Gasteiger partial charge on any atom is -0.378 e. The predicted molar refractivity (Wildman–Crippen MR) is 149 cm³/mol. The first kappa shape index (κ1) is 23.1. The van der Waals surface area contributed by atoms with E-state index in [9.17, 15) is 0 Å². The van der Waals surface area contributed by atoms with Gasteiger partial charge in [0.2, 0.25) is 0 Å². The van der Waals surface area contributed by atoms with E-state index in [1.54, 1.807) is 0 Å². The van der Waals surface area contributed by atoms with Crippen LogP contribution in [-0.4, -0.2) is 28.8 Å². The van der Waals surface area contributed by atoms with Crippen molar-refractivity contribution < 1.29 is 0 Å². The number of anilines is 2. The number of hydrogen-bond donors (Lipinski definition) is 1. The second-order valence-corrected chi connectivity index (χ2v) is 9.79. The van der Waals surface area contributed by atoms with Crippen LogP contribution in [0.3, 0.4) is 0 Å². The Morgan fingerprint density at radius 2 is 1.57 bits per heavy atom. The summed E-state index contributed by atoms with van der Waals surface area (Å²) in [4.78, 5) is 9.05. The normalized spacial score (nSPS) is 17.5. The van der Waals surface area contributed by atoms with E-state index in [2.05, 4.69) is 115 Å². The third-order valence-electron chi connectivity index (χ3n) is 6.82. The van der Waals surface area contributed by atoms with E-state index >= 15 is 0 Å². The number of thiocarbonyl (C=S) groups is 1. The molecule has 35 heavy (non-hydrogen) atoms. The molecule has 1 aliphatic rings. The SMILES string of the molecule is Cc1ccc(-n2c(C)cc([C@H]3[C@@H](c4ccccn4)NC(=S)N3c3ccc(N(C)C)cc3)c2C)cc1. The van der Waals surface area contributed by atoms with E-state index in [-0.39, 0.29) is 12.1 Å². The third kappa shape index (κ3) is 4.19. The van der Waals surface area contributed by atoms with Crippen molar-refractivity contribution in [2.24, 2.45) is 0 Å². The Morgan fingerprint density at radius 3 is 2.20 bits per heavy atom. The first-order valence-electron chi connectivity index (χ1n) is 11.9. The summed E-state index contributed by atoms with van der Waals surface area (Å²) in [6.45, 7) is 6.49. The molecule has 2 aromatic carbocycles. The van der Waals surface area contributed by atoms with E-state index in [4.69, 9.17) is 17.2 Å². The van der Waals surface area contributed by atoms with Gasteiger partial charge in [0, 0.05) is 48.7 Å². The molecule has 1 aliphatic heterocycles. The number of rotatable bonds is 5. The summed E-state index contributed by atoms with van der Waals surface area (Å²) >= 11 is 5.92. The average Bonchev–Trinajstić information content (AvgIpc) is 3.35. The smallest absolute Gasteiger partial charge is 0.174 e. The van der Waals surface area contributed by atoms with Crippen LogP contribution in [-0.2, 0) is 0 Å². The van der Waals surface area contributed by atoms with Gasteiger partial charge in [-0.2, -0.15) is 0 Å². The minimum atomic E-state index is -0.0656. The van der Waals surface area contributed by atoms with Gasteiger partial charge < -0.3 is 19.7 Å². The van der Waals surface area contributed by atoms with Crippen LogP contribution < -0.4 is 15.1 Å². The molecule has 178 valence electrons. The zero-order valence-electron chi connectivity index (χ0n) is 20.9. The van der Waals surface area contributed by atoms with E-state index in [0.29, 0.717) is 5.11 Å². The molecule has 1 N–H and O–H groups in total. The lowest BCUT2D eigenvalue weighted by Gasteiger charge is -2.28. The first-order valence-corrected chi connectivity index (χ1v) is 12.3. The summed E-state index contributed by atoms with van der Waals surface area (Å²) < 4.78 is 2.33. The lowest BCUT2D eigenvalue weighted by molar-refractivity contribution is 0.565. The van der Waals surface area contributed by atoms with Crippen LogP contribution in [0.25, 0.3) is 5.69 Å². The Balaban J connectivity index is 1.65. The topological polar surface area (TPSA) is 36.3 Å². The molecule has 0 amide bonds. The molecular formula is C29H31N5S. The third-order valence-corrected chi connectivity index (χ3v) is 7.14. The van der Waals surface area contributed by atoms with Gasteiger partial charge in [-0.1, -0.05) is 23.8 Å². The molecule has 2 aromatic heterocycles. The summed E-state index contributed by atoms with van der Waals surface area (Å²) in [6, 6.07) is 25.5. The van der Waals surface area contributed by atoms with Crippen molar-refractivity contribution >= 4 is 28.7 Å². The molecule has 5 rings (SSSR count). The Bertz CT molecular complexity index is 1340. The van der Waals surface area contributed by atoms with E-state index in [0.717, 1.165) is 17.1 Å². The quantitative estimate of drug-likeness (QED) is 0.352. The number of nitrogens with zero attached hydrogens (tertiary/aromatic N) is 4. The van der Waals surface area contributed by atoms with Crippen molar-refractivity contribution in [3.63, 3.8) is 0 Å². The highest BCUT2D eigenvalue weighted by atomic mass is 32.1. The Hall–Kier alpha value is -3.64. The van der Waals surface area contributed by atoms with Crippen LogP contribution in [0.5, 0.6) is 0 Å². The standard InChI is InChI=1S/C29H31N5S/c1-19-9-11-23(12-10-19)33-20(2)18-25(21(33)3)28-27(26-8-6-7-17-30-26)31-29(35)34(28)24-15-13-22(14-16-24)32(4)5/h6-18,27-28H,1-5H3,(H,31,35)/t27-,28+/m1/s1. The Labute approximate surface area is 213 Å². The van der Waals surface area contributed by atoms with Gasteiger partial charge >= 0.3 is 0 Å². The summed E-state index contributed by atoms with van der Waals surface area (Å²) in [5, 5.41) is 4.29. The zero-order chi connectivity index (χ0) is 24.7. The molecule has 5 nitrogen and oxygen atoms in total. The molecular weight excluding hydrogens is 450 g/mol. The molecule has 0 aliphatic carbocycles. The summed E-state index contributed by atoms with van der Waals surface area (Å²) in [6.07, 6.45) is 1.85. The fraction of sp³-hybridized carbons (Fsp3) is 0.241. The fourth-order valence-corrected chi connectivity index (χ4v) is 5.38. The van der Waals surface area contributed by atoms with Gasteiger partial charge in [-0.25, -0.2) is 0 Å². The van der Waals surface area contributed by atoms with Crippen molar-refractivity contribution in [3.8, 4) is 5.69 Å². The van der Waals surface area contributed by atoms with Gasteiger partial charge in [0.1, 0.15) is 0 Å². The van der Waals surface area contributed by atoms with Gasteiger partial charge in [0.25, 0.3) is 0 Å². The zero-order valence-corrected chi connectivity index (χ0v) is 21.7. The van der Waals surface area contributed by atoms with Crippen LogP contribution in [0.4, 0.5) is 11.4 Å². The van der Waals surface area contributed by atoms with Crippen LogP contribution in [0.15, 0.2) is 79.0 Å². The van der Waals surface area contributed by atoms with Crippen molar-refractivity contribution in [2.75, 3.05) is 23.9 Å². The molecule has 1 saturated heterocycles. The molecule has 3 heterocycles. The van der Waals surface area contributed by atoms with E-state index in [1.165, 1.54) is 28.2 Å². The van der Waals surface area contributed by atoms with Crippen LogP contribution in [0, 0.1) is 20.8 Å². The lowest BCUT2D eigenvalue weighted by atomic mass is 9.96. The largest absolute Gasteiger partial charge is 0.378 e. The number of nitrogens with one attached hydrogen (secondary N) is 1. The molecule has 0 unspecified atom stereocenters. The Morgan fingerprint density at radius 1 is 0.886 bits per heavy atom. The second-order valence-electron chi connectivity index (χ2n) is 9.40. The van der Waals surface area contributed by atoms with Crippen LogP contribution >= 0.6 is 12.2 Å². The van der Waals surface area contributed by atoms with Crippen molar-refractivity contribution in [3.05, 3.63) is 107 Å². The van der Waals surface area contributed by atoms with E-state index in [1.807, 2.05) is 18.3 Å². The maximum Gasteiger partial charge on any atom is 0.174 e. The minimum absolute atomic E-state index is 0.0343. The van der Waals surface area contributed by atoms with Gasteiger partial charge in [0.05, 0.1) is 17.8 Å². The summed E-state index contributed by atoms with van der Waals surface area (Å²) in [5.74, 6) is 0. The number of benzene rings is 2. The summed E-state index contributed by atoms with van der Waals surface area (Å²) in [5.41, 5.74) is 9.26. The number of aryl methyl sites for hydroxylation is 2. The lowest BCUT2D eigenvalue weighted by Crippen LogP contribution is -2.29. The van der Waals surface area contributed by atoms with Crippen molar-refractivity contribution in [1.29, 1.82) is 0 Å². The van der Waals surface area contributed by atoms with Gasteiger partial charge in [0.15, 0.2) is 5.11 Å². The monoisotopic (exact) mass is 481 g/mol. The van der Waals surface area contributed by atoms with Gasteiger partial charge in [-0.15, -0.1) is 0 Å². The molecule has 4 aromatic rings. The van der Waals surface area contributed by atoms with Crippen LogP contribution in [0.2, 0.25) is 0 Å². The number of aromatic nitrogens is 2. The highest BCUT2D eigenvalue weighted by Crippen LogP contribution is 2.44. The van der Waals surface area contributed by atoms with E-state index < -0.39 is 0 Å². The molecule has 6 heteroatoms. The fourth-order valence-electron chi connectivity index (χ4n) is 5.04. The predicted octanol–water partition coefficient (Wildman–Crippen LogP) is 6.04. The Kier molecular flexibility index (Phi) is 6.07. The molecule has 0 radical (unpaired) electrons. The molecule has 1 fully saturated rings. The molecule has 0 saturated carbocycles. The van der Waals surface area contributed by atoms with Crippen molar-refractivity contribution in [2.45, 2.75) is 32.9 Å². The second kappa shape index (κ2) is 9.19.